The Bertz CT molecular complexity index is 784. The van der Waals surface area contributed by atoms with E-state index in [1.54, 1.807) is 0 Å². The molecule has 0 saturated carbocycles. The highest BCUT2D eigenvalue weighted by Gasteiger charge is 2.08. The Balaban J connectivity index is 1.72. The summed E-state index contributed by atoms with van der Waals surface area (Å²) in [6.45, 7) is 2.47. The first-order chi connectivity index (χ1) is 10.6. The van der Waals surface area contributed by atoms with E-state index >= 15 is 0 Å². The maximum atomic E-state index is 6.12. The Kier molecular flexibility index (Phi) is 4.32. The summed E-state index contributed by atoms with van der Waals surface area (Å²) in [4.78, 5) is 5.47. The quantitative estimate of drug-likeness (QED) is 0.737. The largest absolute Gasteiger partial charge is 0.489 e. The smallest absolute Gasteiger partial charge is 0.180 e. The molecule has 3 nitrogen and oxygen atoms in total. The lowest BCUT2D eigenvalue weighted by Crippen LogP contribution is -1.96. The van der Waals surface area contributed by atoms with Crippen molar-refractivity contribution in [3.8, 4) is 17.0 Å². The minimum Gasteiger partial charge on any atom is -0.489 e. The summed E-state index contributed by atoms with van der Waals surface area (Å²) in [5.74, 6) is 0.796. The molecule has 0 spiro atoms. The number of nitrogen functional groups attached to an aromatic ring is 1. The molecule has 0 aliphatic rings. The van der Waals surface area contributed by atoms with Crippen molar-refractivity contribution in [1.29, 1.82) is 0 Å². The molecule has 5 heteroatoms. The highest BCUT2D eigenvalue weighted by Crippen LogP contribution is 2.30. The highest BCUT2D eigenvalue weighted by molar-refractivity contribution is 7.15. The number of halogens is 1. The number of anilines is 1. The van der Waals surface area contributed by atoms with Gasteiger partial charge in [-0.15, -0.1) is 11.3 Å². The second-order valence-electron chi connectivity index (χ2n) is 4.86. The SMILES string of the molecule is Cc1sc(N)nc1-c1ccc(OCc2ccccc2Cl)cc1. The fourth-order valence-electron chi connectivity index (χ4n) is 2.17. The summed E-state index contributed by atoms with van der Waals surface area (Å²) in [6, 6.07) is 15.5. The molecule has 3 rings (SSSR count). The Hall–Kier alpha value is -2.04. The number of aryl methyl sites for hydroxylation is 1. The molecule has 112 valence electrons. The number of hydrogen-bond donors (Lipinski definition) is 1. The van der Waals surface area contributed by atoms with E-state index in [9.17, 15) is 0 Å². The molecule has 1 heterocycles. The molecule has 0 bridgehead atoms. The van der Waals surface area contributed by atoms with Crippen LogP contribution < -0.4 is 10.5 Å². The molecule has 0 aliphatic carbocycles. The summed E-state index contributed by atoms with van der Waals surface area (Å²) in [7, 11) is 0. The molecule has 0 amide bonds. The van der Waals surface area contributed by atoms with Crippen LogP contribution in [0.15, 0.2) is 48.5 Å². The standard InChI is InChI=1S/C17H15ClN2OS/c1-11-16(20-17(19)22-11)12-6-8-14(9-7-12)21-10-13-4-2-3-5-15(13)18/h2-9H,10H2,1H3,(H2,19,20). The lowest BCUT2D eigenvalue weighted by molar-refractivity contribution is 0.306. The third kappa shape index (κ3) is 3.24. The van der Waals surface area contributed by atoms with Crippen LogP contribution in [0.5, 0.6) is 5.75 Å². The fourth-order valence-corrected chi connectivity index (χ4v) is 3.07. The van der Waals surface area contributed by atoms with Gasteiger partial charge < -0.3 is 10.5 Å². The van der Waals surface area contributed by atoms with Crippen LogP contribution in [0.2, 0.25) is 5.02 Å². The predicted molar refractivity (Wildman–Crippen MR) is 92.5 cm³/mol. The molecule has 2 N–H and O–H groups in total. The average Bonchev–Trinajstić information content (AvgIpc) is 2.86. The molecule has 1 aromatic heterocycles. The van der Waals surface area contributed by atoms with Gasteiger partial charge in [-0.3, -0.25) is 0 Å². The first-order valence-corrected chi connectivity index (χ1v) is 8.02. The predicted octanol–water partition coefficient (Wildman–Crippen LogP) is 4.93. The van der Waals surface area contributed by atoms with Crippen molar-refractivity contribution in [3.05, 3.63) is 64.0 Å². The molecular weight excluding hydrogens is 316 g/mol. The van der Waals surface area contributed by atoms with Crippen LogP contribution >= 0.6 is 22.9 Å². The summed E-state index contributed by atoms with van der Waals surface area (Å²) >= 11 is 7.61. The number of ether oxygens (including phenoxy) is 1. The normalized spacial score (nSPS) is 10.6. The number of rotatable bonds is 4. The van der Waals surface area contributed by atoms with Gasteiger partial charge in [0, 0.05) is 21.0 Å². The van der Waals surface area contributed by atoms with Crippen LogP contribution in [-0.4, -0.2) is 4.98 Å². The van der Waals surface area contributed by atoms with E-state index in [-0.39, 0.29) is 0 Å². The van der Waals surface area contributed by atoms with Crippen molar-refractivity contribution in [2.24, 2.45) is 0 Å². The number of benzene rings is 2. The average molecular weight is 331 g/mol. The van der Waals surface area contributed by atoms with Gasteiger partial charge in [0.25, 0.3) is 0 Å². The van der Waals surface area contributed by atoms with Gasteiger partial charge >= 0.3 is 0 Å². The van der Waals surface area contributed by atoms with E-state index in [0.29, 0.717) is 16.8 Å². The van der Waals surface area contributed by atoms with E-state index < -0.39 is 0 Å². The lowest BCUT2D eigenvalue weighted by atomic mass is 10.1. The van der Waals surface area contributed by atoms with Gasteiger partial charge in [-0.25, -0.2) is 4.98 Å². The molecular formula is C17H15ClN2OS. The van der Waals surface area contributed by atoms with Gasteiger partial charge in [-0.2, -0.15) is 0 Å². The van der Waals surface area contributed by atoms with E-state index in [0.717, 1.165) is 27.4 Å². The third-order valence-electron chi connectivity index (χ3n) is 3.29. The second-order valence-corrected chi connectivity index (χ2v) is 6.50. The first kappa shape index (κ1) is 14.9. The van der Waals surface area contributed by atoms with Crippen LogP contribution in [0, 0.1) is 6.92 Å². The van der Waals surface area contributed by atoms with E-state index in [2.05, 4.69) is 4.98 Å². The van der Waals surface area contributed by atoms with Crippen molar-refractivity contribution in [2.75, 3.05) is 5.73 Å². The van der Waals surface area contributed by atoms with Gasteiger partial charge in [0.1, 0.15) is 12.4 Å². The van der Waals surface area contributed by atoms with Crippen LogP contribution in [0.1, 0.15) is 10.4 Å². The van der Waals surface area contributed by atoms with Gasteiger partial charge in [0.2, 0.25) is 0 Å². The summed E-state index contributed by atoms with van der Waals surface area (Å²) in [5.41, 5.74) is 8.68. The van der Waals surface area contributed by atoms with Gasteiger partial charge in [-0.05, 0) is 37.3 Å². The second kappa shape index (κ2) is 6.38. The van der Waals surface area contributed by atoms with Crippen LogP contribution in [0.4, 0.5) is 5.13 Å². The maximum absolute atomic E-state index is 6.12. The lowest BCUT2D eigenvalue weighted by Gasteiger charge is -2.08. The highest BCUT2D eigenvalue weighted by atomic mass is 35.5. The van der Waals surface area contributed by atoms with Crippen molar-refractivity contribution >= 4 is 28.1 Å². The number of hydrogen-bond acceptors (Lipinski definition) is 4. The molecule has 22 heavy (non-hydrogen) atoms. The van der Waals surface area contributed by atoms with E-state index in [1.807, 2.05) is 55.5 Å². The van der Waals surface area contributed by atoms with Crippen molar-refractivity contribution < 1.29 is 4.74 Å². The first-order valence-electron chi connectivity index (χ1n) is 6.83. The number of nitrogens with zero attached hydrogens (tertiary/aromatic N) is 1. The monoisotopic (exact) mass is 330 g/mol. The minimum atomic E-state index is 0.446. The van der Waals surface area contributed by atoms with Crippen molar-refractivity contribution in [3.63, 3.8) is 0 Å². The summed E-state index contributed by atoms with van der Waals surface area (Å²) in [5, 5.41) is 1.30. The molecule has 0 aliphatic heterocycles. The van der Waals surface area contributed by atoms with Crippen LogP contribution in [-0.2, 0) is 6.61 Å². The van der Waals surface area contributed by atoms with Gasteiger partial charge in [0.15, 0.2) is 5.13 Å². The minimum absolute atomic E-state index is 0.446. The Morgan fingerprint density at radius 3 is 2.50 bits per heavy atom. The number of nitrogens with two attached hydrogens (primary N) is 1. The third-order valence-corrected chi connectivity index (χ3v) is 4.46. The molecule has 0 radical (unpaired) electrons. The van der Waals surface area contributed by atoms with Crippen molar-refractivity contribution in [1.82, 2.24) is 4.98 Å². The van der Waals surface area contributed by atoms with Gasteiger partial charge in [-0.1, -0.05) is 29.8 Å². The molecule has 2 aromatic carbocycles. The Labute approximate surface area is 138 Å². The molecule has 0 fully saturated rings. The zero-order chi connectivity index (χ0) is 15.5. The molecule has 0 atom stereocenters. The van der Waals surface area contributed by atoms with Crippen molar-refractivity contribution in [2.45, 2.75) is 13.5 Å². The number of aromatic nitrogens is 1. The van der Waals surface area contributed by atoms with Crippen LogP contribution in [0.3, 0.4) is 0 Å². The fraction of sp³-hybridized carbons (Fsp3) is 0.118. The topological polar surface area (TPSA) is 48.1 Å². The zero-order valence-corrected chi connectivity index (χ0v) is 13.6. The van der Waals surface area contributed by atoms with E-state index in [1.165, 1.54) is 11.3 Å². The Morgan fingerprint density at radius 1 is 1.14 bits per heavy atom. The van der Waals surface area contributed by atoms with E-state index in [4.69, 9.17) is 22.1 Å². The maximum Gasteiger partial charge on any atom is 0.180 e. The molecule has 0 saturated heterocycles. The summed E-state index contributed by atoms with van der Waals surface area (Å²) in [6.07, 6.45) is 0. The van der Waals surface area contributed by atoms with Gasteiger partial charge in [0.05, 0.1) is 5.69 Å². The zero-order valence-electron chi connectivity index (χ0n) is 12.0. The summed E-state index contributed by atoms with van der Waals surface area (Å²) < 4.78 is 5.77. The molecule has 3 aromatic rings. The number of thiazole rings is 1. The Morgan fingerprint density at radius 2 is 1.86 bits per heavy atom. The van der Waals surface area contributed by atoms with Crippen LogP contribution in [0.25, 0.3) is 11.3 Å². The molecule has 0 unspecified atom stereocenters.